The van der Waals surface area contributed by atoms with Crippen LogP contribution in [-0.4, -0.2) is 22.1 Å². The fourth-order valence-corrected chi connectivity index (χ4v) is 4.94. The molecule has 0 aliphatic heterocycles. The molecule has 5 heteroatoms. The van der Waals surface area contributed by atoms with Crippen molar-refractivity contribution >= 4 is 11.7 Å². The SMILES string of the molecule is CCC(CC)c1ccc(N(Cc2cccc(-c3ccc(COc4ccncc4C(=O)O)cc3)c2)C(C)C)cc1. The lowest BCUT2D eigenvalue weighted by Gasteiger charge is -2.30. The van der Waals surface area contributed by atoms with Crippen LogP contribution in [0, 0.1) is 0 Å². The van der Waals surface area contributed by atoms with Crippen LogP contribution >= 0.6 is 0 Å². The number of anilines is 1. The molecular weight excluding hydrogens is 484 g/mol. The highest BCUT2D eigenvalue weighted by molar-refractivity contribution is 5.90. The molecule has 0 unspecified atom stereocenters. The lowest BCUT2D eigenvalue weighted by molar-refractivity contribution is 0.0691. The molecule has 0 aliphatic carbocycles. The van der Waals surface area contributed by atoms with E-state index in [9.17, 15) is 9.90 Å². The highest BCUT2D eigenvalue weighted by atomic mass is 16.5. The second kappa shape index (κ2) is 13.1. The fourth-order valence-electron chi connectivity index (χ4n) is 4.94. The molecular formula is C34H38N2O3. The molecule has 4 rings (SSSR count). The number of aromatic nitrogens is 1. The molecule has 0 saturated carbocycles. The van der Waals surface area contributed by atoms with Crippen LogP contribution in [0.2, 0.25) is 0 Å². The normalized spacial score (nSPS) is 11.1. The van der Waals surface area contributed by atoms with Gasteiger partial charge < -0.3 is 14.7 Å². The number of nitrogens with zero attached hydrogens (tertiary/aromatic N) is 2. The van der Waals surface area contributed by atoms with Crippen LogP contribution in [0.25, 0.3) is 11.1 Å². The Morgan fingerprint density at radius 3 is 2.26 bits per heavy atom. The van der Waals surface area contributed by atoms with Gasteiger partial charge in [-0.15, -0.1) is 0 Å². The third-order valence-corrected chi connectivity index (χ3v) is 7.28. The molecule has 0 radical (unpaired) electrons. The third kappa shape index (κ3) is 7.05. The average Bonchev–Trinajstić information content (AvgIpc) is 2.96. The van der Waals surface area contributed by atoms with Gasteiger partial charge in [-0.3, -0.25) is 4.98 Å². The second-order valence-corrected chi connectivity index (χ2v) is 10.2. The van der Waals surface area contributed by atoms with E-state index in [1.54, 1.807) is 6.07 Å². The van der Waals surface area contributed by atoms with Crippen molar-refractivity contribution in [3.8, 4) is 16.9 Å². The summed E-state index contributed by atoms with van der Waals surface area (Å²) in [6.07, 6.45) is 5.17. The summed E-state index contributed by atoms with van der Waals surface area (Å²) < 4.78 is 5.76. The first-order valence-corrected chi connectivity index (χ1v) is 13.7. The van der Waals surface area contributed by atoms with Gasteiger partial charge in [-0.25, -0.2) is 4.79 Å². The second-order valence-electron chi connectivity index (χ2n) is 10.2. The van der Waals surface area contributed by atoms with Gasteiger partial charge in [0.1, 0.15) is 17.9 Å². The van der Waals surface area contributed by atoms with Crippen molar-refractivity contribution in [3.63, 3.8) is 0 Å². The summed E-state index contributed by atoms with van der Waals surface area (Å²) >= 11 is 0. The zero-order valence-electron chi connectivity index (χ0n) is 23.3. The van der Waals surface area contributed by atoms with Crippen molar-refractivity contribution in [3.05, 3.63) is 114 Å². The predicted octanol–water partition coefficient (Wildman–Crippen LogP) is 8.34. The van der Waals surface area contributed by atoms with Crippen molar-refractivity contribution < 1.29 is 14.6 Å². The van der Waals surface area contributed by atoms with Gasteiger partial charge in [0.25, 0.3) is 0 Å². The maximum atomic E-state index is 11.4. The van der Waals surface area contributed by atoms with E-state index in [-0.39, 0.29) is 12.2 Å². The maximum absolute atomic E-state index is 11.4. The Morgan fingerprint density at radius 2 is 1.62 bits per heavy atom. The van der Waals surface area contributed by atoms with E-state index in [1.807, 2.05) is 12.1 Å². The number of aromatic carboxylic acids is 1. The Morgan fingerprint density at radius 1 is 0.897 bits per heavy atom. The van der Waals surface area contributed by atoms with E-state index in [0.717, 1.165) is 23.2 Å². The summed E-state index contributed by atoms with van der Waals surface area (Å²) in [5, 5.41) is 9.32. The van der Waals surface area contributed by atoms with E-state index in [1.165, 1.54) is 42.0 Å². The largest absolute Gasteiger partial charge is 0.488 e. The molecule has 0 atom stereocenters. The summed E-state index contributed by atoms with van der Waals surface area (Å²) in [7, 11) is 0. The smallest absolute Gasteiger partial charge is 0.341 e. The average molecular weight is 523 g/mol. The number of hydrogen-bond donors (Lipinski definition) is 1. The van der Waals surface area contributed by atoms with Gasteiger partial charge in [-0.2, -0.15) is 0 Å². The lowest BCUT2D eigenvalue weighted by atomic mass is 9.94. The molecule has 0 saturated heterocycles. The molecule has 4 aromatic rings. The van der Waals surface area contributed by atoms with Crippen molar-refractivity contribution in [2.45, 2.75) is 65.6 Å². The van der Waals surface area contributed by atoms with Crippen LogP contribution in [0.15, 0.2) is 91.3 Å². The zero-order chi connectivity index (χ0) is 27.8. The molecule has 1 N–H and O–H groups in total. The predicted molar refractivity (Wildman–Crippen MR) is 158 cm³/mol. The lowest BCUT2D eigenvalue weighted by Crippen LogP contribution is -2.30. The Kier molecular flexibility index (Phi) is 9.37. The van der Waals surface area contributed by atoms with Gasteiger partial charge in [0, 0.05) is 30.7 Å². The number of ether oxygens (including phenoxy) is 1. The molecule has 0 spiro atoms. The minimum Gasteiger partial charge on any atom is -0.488 e. The monoisotopic (exact) mass is 522 g/mol. The van der Waals surface area contributed by atoms with Crippen LogP contribution in [0.5, 0.6) is 5.75 Å². The van der Waals surface area contributed by atoms with Crippen molar-refractivity contribution in [2.75, 3.05) is 4.90 Å². The Bertz CT molecular complexity index is 1360. The molecule has 1 heterocycles. The standard InChI is InChI=1S/C34H38N2O3/c1-5-27(6-2)28-14-16-31(17-15-28)36(24(3)4)22-26-8-7-9-30(20-26)29-12-10-25(11-13-29)23-39-33-18-19-35-21-32(33)34(37)38/h7-21,24,27H,5-6,22-23H2,1-4H3,(H,37,38). The summed E-state index contributed by atoms with van der Waals surface area (Å²) in [6.45, 7) is 10.1. The first kappa shape index (κ1) is 27.9. The van der Waals surface area contributed by atoms with E-state index in [2.05, 4.69) is 98.2 Å². The Labute approximate surface area is 232 Å². The van der Waals surface area contributed by atoms with Gasteiger partial charge in [-0.05, 0) is 84.7 Å². The van der Waals surface area contributed by atoms with Crippen molar-refractivity contribution in [1.82, 2.24) is 4.98 Å². The molecule has 3 aromatic carbocycles. The van der Waals surface area contributed by atoms with Gasteiger partial charge in [0.05, 0.1) is 0 Å². The maximum Gasteiger partial charge on any atom is 0.341 e. The van der Waals surface area contributed by atoms with Gasteiger partial charge in [0.15, 0.2) is 0 Å². The van der Waals surface area contributed by atoms with E-state index >= 15 is 0 Å². The number of pyridine rings is 1. The Balaban J connectivity index is 1.45. The quantitative estimate of drug-likeness (QED) is 0.203. The summed E-state index contributed by atoms with van der Waals surface area (Å²) in [4.78, 5) is 17.7. The molecule has 0 aliphatic rings. The van der Waals surface area contributed by atoms with Crippen molar-refractivity contribution in [1.29, 1.82) is 0 Å². The van der Waals surface area contributed by atoms with Crippen molar-refractivity contribution in [2.24, 2.45) is 0 Å². The summed E-state index contributed by atoms with van der Waals surface area (Å²) in [6, 6.07) is 28.0. The first-order valence-electron chi connectivity index (χ1n) is 13.7. The highest BCUT2D eigenvalue weighted by Crippen LogP contribution is 2.28. The fraction of sp³-hybridized carbons (Fsp3) is 0.294. The molecule has 39 heavy (non-hydrogen) atoms. The molecule has 202 valence electrons. The molecule has 5 nitrogen and oxygen atoms in total. The number of carboxylic acids is 1. The minimum absolute atomic E-state index is 0.0587. The molecule has 1 aromatic heterocycles. The molecule has 0 amide bonds. The van der Waals surface area contributed by atoms with E-state index < -0.39 is 5.97 Å². The minimum atomic E-state index is -1.05. The number of hydrogen-bond acceptors (Lipinski definition) is 4. The van der Waals surface area contributed by atoms with Gasteiger partial charge >= 0.3 is 5.97 Å². The molecule has 0 bridgehead atoms. The highest BCUT2D eigenvalue weighted by Gasteiger charge is 2.14. The number of carbonyl (C=O) groups is 1. The van der Waals surface area contributed by atoms with Crippen LogP contribution in [0.3, 0.4) is 0 Å². The van der Waals surface area contributed by atoms with Crippen LogP contribution in [0.1, 0.15) is 73.5 Å². The summed E-state index contributed by atoms with van der Waals surface area (Å²) in [5.74, 6) is -0.115. The van der Waals surface area contributed by atoms with Gasteiger partial charge in [0.2, 0.25) is 0 Å². The number of benzene rings is 3. The van der Waals surface area contributed by atoms with Gasteiger partial charge in [-0.1, -0.05) is 68.4 Å². The van der Waals surface area contributed by atoms with Crippen LogP contribution in [0.4, 0.5) is 5.69 Å². The van der Waals surface area contributed by atoms with Crippen LogP contribution < -0.4 is 9.64 Å². The zero-order valence-corrected chi connectivity index (χ0v) is 23.3. The topological polar surface area (TPSA) is 62.7 Å². The Hall–Kier alpha value is -4.12. The molecule has 0 fully saturated rings. The third-order valence-electron chi connectivity index (χ3n) is 7.28. The van der Waals surface area contributed by atoms with Crippen LogP contribution in [-0.2, 0) is 13.2 Å². The first-order chi connectivity index (χ1) is 18.9. The van der Waals surface area contributed by atoms with E-state index in [0.29, 0.717) is 17.7 Å². The summed E-state index contributed by atoms with van der Waals surface area (Å²) in [5.41, 5.74) is 7.24. The number of carboxylic acid groups (broad SMARTS) is 1. The number of rotatable bonds is 12. The van der Waals surface area contributed by atoms with E-state index in [4.69, 9.17) is 4.74 Å².